The molecular weight excluding hydrogens is 649 g/mol. The molecule has 0 aliphatic heterocycles. The molecule has 4 aromatic rings. The molecule has 3 aromatic carbocycles. The fraction of sp³-hybridized carbons (Fsp3) is 0.120. The van der Waals surface area contributed by atoms with E-state index in [0.717, 1.165) is 0 Å². The Labute approximate surface area is 244 Å². The van der Waals surface area contributed by atoms with E-state index in [4.69, 9.17) is 0 Å². The number of rotatable bonds is 9. The molecule has 0 aliphatic rings. The summed E-state index contributed by atoms with van der Waals surface area (Å²) < 4.78 is 196. The number of hydrogen-bond donors (Lipinski definition) is 1. The molecule has 45 heavy (non-hydrogen) atoms. The number of aromatic amines is 1. The van der Waals surface area contributed by atoms with Crippen molar-refractivity contribution < 1.29 is 80.9 Å². The summed E-state index contributed by atoms with van der Waals surface area (Å²) in [6.07, 6.45) is 3.75. The first-order valence-electron chi connectivity index (χ1n) is 11.5. The topological polar surface area (TPSA) is 71.2 Å². The van der Waals surface area contributed by atoms with E-state index in [0.29, 0.717) is 21.3 Å². The molecule has 0 unspecified atom stereocenters. The predicted molar refractivity (Wildman–Crippen MR) is 127 cm³/mol. The highest BCUT2D eigenvalue weighted by Gasteiger charge is 2.42. The van der Waals surface area contributed by atoms with E-state index in [1.54, 1.807) is 0 Å². The number of ether oxygens (including phenoxy) is 3. The molecule has 1 aromatic heterocycles. The van der Waals surface area contributed by atoms with Crippen LogP contribution in [0.2, 0.25) is 0 Å². The van der Waals surface area contributed by atoms with Gasteiger partial charge in [0.1, 0.15) is 0 Å². The molecule has 1 N–H and O–H groups in total. The lowest BCUT2D eigenvalue weighted by Gasteiger charge is -2.20. The minimum Gasteiger partial charge on any atom is -0.491 e. The Kier molecular flexibility index (Phi) is 10.8. The molecule has 242 valence electrons. The van der Waals surface area contributed by atoms with Crippen LogP contribution in [0.25, 0.3) is 0 Å². The van der Waals surface area contributed by atoms with Gasteiger partial charge in [-0.2, -0.15) is 52.7 Å². The second-order valence-electron chi connectivity index (χ2n) is 7.88. The Morgan fingerprint density at radius 2 is 0.578 bits per heavy atom. The van der Waals surface area contributed by atoms with Crippen LogP contribution >= 0.6 is 0 Å². The van der Waals surface area contributed by atoms with Crippen molar-refractivity contribution in [2.24, 2.45) is 0 Å². The lowest BCUT2D eigenvalue weighted by atomic mass is 10.1. The summed E-state index contributed by atoms with van der Waals surface area (Å²) in [4.78, 5) is 2.86. The van der Waals surface area contributed by atoms with Crippen LogP contribution in [-0.4, -0.2) is 33.6 Å². The van der Waals surface area contributed by atoms with E-state index < -0.39 is 112 Å². The van der Waals surface area contributed by atoms with Gasteiger partial charge in [-0.15, -0.1) is 0 Å². The van der Waals surface area contributed by atoms with Crippen LogP contribution in [0.5, 0.6) is 34.5 Å². The molecule has 0 spiro atoms. The Bertz CT molecular complexity index is 1410. The van der Waals surface area contributed by atoms with Crippen LogP contribution in [0.3, 0.4) is 0 Å². The zero-order chi connectivity index (χ0) is 33.7. The lowest BCUT2D eigenvalue weighted by Crippen LogP contribution is -2.39. The van der Waals surface area contributed by atoms with Gasteiger partial charge < -0.3 is 33.2 Å². The van der Waals surface area contributed by atoms with Gasteiger partial charge >= 0.3 is 7.32 Å². The van der Waals surface area contributed by atoms with Gasteiger partial charge in [0, 0.05) is 12.4 Å². The Balaban J connectivity index is 0.00000100. The third-order valence-corrected chi connectivity index (χ3v) is 5.30. The van der Waals surface area contributed by atoms with Crippen LogP contribution in [0.4, 0.5) is 52.7 Å². The standard InChI is InChI=1S/C21H9BF12O6.C4H5N/c1-35-16-4(23)10(29)19(11(30)5(16)24)38-22(39-20-12(31)6(25)17(36-2)7(26)13(20)32)40-21-14(33)8(27)18(37-3)9(28)15(21)34;1-2-4-5-3-1/h1-3H3;1-5H. The molecule has 0 saturated carbocycles. The predicted octanol–water partition coefficient (Wildman–Crippen LogP) is 6.92. The highest BCUT2D eigenvalue weighted by atomic mass is 19.2. The normalized spacial score (nSPS) is 10.6. The summed E-state index contributed by atoms with van der Waals surface area (Å²) in [7, 11) is -1.78. The van der Waals surface area contributed by atoms with Crippen molar-refractivity contribution in [3.05, 3.63) is 94.3 Å². The van der Waals surface area contributed by atoms with E-state index in [2.05, 4.69) is 33.2 Å². The minimum absolute atomic E-state index is 0.576. The smallest absolute Gasteiger partial charge is 0.491 e. The Morgan fingerprint density at radius 3 is 0.733 bits per heavy atom. The molecule has 1 heterocycles. The van der Waals surface area contributed by atoms with Gasteiger partial charge in [0.25, 0.3) is 0 Å². The molecule has 0 aliphatic carbocycles. The SMILES string of the molecule is COc1c(F)c(F)c(OB(Oc2c(F)c(F)c(OC)c(F)c2F)Oc2c(F)c(F)c(OC)c(F)c2F)c(F)c1F.c1cc[nH]c1. The van der Waals surface area contributed by atoms with Crippen LogP contribution < -0.4 is 28.2 Å². The molecule has 0 saturated heterocycles. The quantitative estimate of drug-likeness (QED) is 0.119. The number of halogens is 12. The number of benzene rings is 3. The molecule has 0 atom stereocenters. The summed E-state index contributed by atoms with van der Waals surface area (Å²) in [5.41, 5.74) is 0. The van der Waals surface area contributed by atoms with Gasteiger partial charge in [0.15, 0.2) is 34.5 Å². The van der Waals surface area contributed by atoms with Gasteiger partial charge in [0.2, 0.25) is 69.8 Å². The van der Waals surface area contributed by atoms with E-state index in [1.165, 1.54) is 0 Å². The maximum absolute atomic E-state index is 14.4. The van der Waals surface area contributed by atoms with Crippen molar-refractivity contribution in [3.63, 3.8) is 0 Å². The summed E-state index contributed by atoms with van der Waals surface area (Å²) >= 11 is 0. The summed E-state index contributed by atoms with van der Waals surface area (Å²) in [5.74, 6) is -40.3. The second-order valence-corrected chi connectivity index (χ2v) is 7.88. The maximum atomic E-state index is 14.4. The van der Waals surface area contributed by atoms with Crippen molar-refractivity contribution in [3.8, 4) is 34.5 Å². The van der Waals surface area contributed by atoms with Crippen molar-refractivity contribution >= 4 is 7.32 Å². The van der Waals surface area contributed by atoms with Gasteiger partial charge in [-0.3, -0.25) is 0 Å². The molecule has 0 radical (unpaired) electrons. The number of aromatic nitrogens is 1. The van der Waals surface area contributed by atoms with Crippen LogP contribution in [0, 0.1) is 69.8 Å². The summed E-state index contributed by atoms with van der Waals surface area (Å²) in [6.45, 7) is 0. The highest BCUT2D eigenvalue weighted by Crippen LogP contribution is 2.39. The third kappa shape index (κ3) is 6.58. The molecule has 7 nitrogen and oxygen atoms in total. The Morgan fingerprint density at radius 1 is 0.378 bits per heavy atom. The second kappa shape index (κ2) is 14.2. The molecule has 0 amide bonds. The van der Waals surface area contributed by atoms with Crippen molar-refractivity contribution in [2.75, 3.05) is 21.3 Å². The van der Waals surface area contributed by atoms with Gasteiger partial charge in [-0.05, 0) is 12.1 Å². The number of methoxy groups -OCH3 is 3. The van der Waals surface area contributed by atoms with Crippen LogP contribution in [0.1, 0.15) is 0 Å². The first kappa shape index (κ1) is 34.5. The largest absolute Gasteiger partial charge is 0.864 e. The van der Waals surface area contributed by atoms with E-state index in [-0.39, 0.29) is 0 Å². The van der Waals surface area contributed by atoms with E-state index >= 15 is 0 Å². The average molecular weight is 663 g/mol. The van der Waals surface area contributed by atoms with E-state index in [1.807, 2.05) is 24.5 Å². The maximum Gasteiger partial charge on any atom is 0.864 e. The van der Waals surface area contributed by atoms with Crippen LogP contribution in [-0.2, 0) is 0 Å². The number of H-pyrrole nitrogens is 1. The zero-order valence-electron chi connectivity index (χ0n) is 22.4. The number of hydrogen-bond acceptors (Lipinski definition) is 6. The van der Waals surface area contributed by atoms with Crippen molar-refractivity contribution in [1.29, 1.82) is 0 Å². The summed E-state index contributed by atoms with van der Waals surface area (Å²) in [6, 6.07) is 3.89. The molecular formula is C25H14BF12NO6. The van der Waals surface area contributed by atoms with Crippen LogP contribution in [0.15, 0.2) is 24.5 Å². The van der Waals surface area contributed by atoms with E-state index in [9.17, 15) is 52.7 Å². The van der Waals surface area contributed by atoms with Gasteiger partial charge in [0.05, 0.1) is 21.3 Å². The Hall–Kier alpha value is -5.04. The van der Waals surface area contributed by atoms with Crippen molar-refractivity contribution in [1.82, 2.24) is 4.98 Å². The first-order valence-corrected chi connectivity index (χ1v) is 11.5. The fourth-order valence-corrected chi connectivity index (χ4v) is 3.26. The third-order valence-electron chi connectivity index (χ3n) is 5.30. The first-order chi connectivity index (χ1) is 21.2. The summed E-state index contributed by atoms with van der Waals surface area (Å²) in [5, 5.41) is 0. The van der Waals surface area contributed by atoms with Crippen molar-refractivity contribution in [2.45, 2.75) is 0 Å². The molecule has 0 bridgehead atoms. The molecule has 4 rings (SSSR count). The lowest BCUT2D eigenvalue weighted by molar-refractivity contribution is 0.245. The number of nitrogens with one attached hydrogen (secondary N) is 1. The highest BCUT2D eigenvalue weighted by molar-refractivity contribution is 6.39. The monoisotopic (exact) mass is 663 g/mol. The fourth-order valence-electron chi connectivity index (χ4n) is 3.26. The van der Waals surface area contributed by atoms with Gasteiger partial charge in [-0.1, -0.05) is 0 Å². The minimum atomic E-state index is -3.51. The zero-order valence-corrected chi connectivity index (χ0v) is 22.4. The average Bonchev–Trinajstić information content (AvgIpc) is 3.62. The molecule has 20 heteroatoms. The molecule has 0 fully saturated rings. The van der Waals surface area contributed by atoms with Gasteiger partial charge in [-0.25, -0.2) is 0 Å².